The Kier molecular flexibility index (Phi) is 5.05. The van der Waals surface area contributed by atoms with Crippen molar-refractivity contribution < 1.29 is 4.74 Å². The van der Waals surface area contributed by atoms with Gasteiger partial charge < -0.3 is 10.1 Å². The number of hydrogen-bond acceptors (Lipinski definition) is 2. The minimum atomic E-state index is 0.168. The third-order valence-electron chi connectivity index (χ3n) is 3.36. The monoisotopic (exact) mass is 289 g/mol. The number of ether oxygens (including phenoxy) is 1. The zero-order valence-electron chi connectivity index (χ0n) is 12.1. The molecular formula is C17H20ClNO. The Morgan fingerprint density at radius 3 is 2.30 bits per heavy atom. The van der Waals surface area contributed by atoms with Crippen LogP contribution in [0.25, 0.3) is 0 Å². The highest BCUT2D eigenvalue weighted by molar-refractivity contribution is 6.30. The number of hydrogen-bond donors (Lipinski definition) is 1. The van der Waals surface area contributed by atoms with Gasteiger partial charge in [0.05, 0.1) is 13.2 Å². The van der Waals surface area contributed by atoms with Crippen LogP contribution in [0.15, 0.2) is 42.5 Å². The maximum absolute atomic E-state index is 5.97. The largest absolute Gasteiger partial charge is 0.496 e. The van der Waals surface area contributed by atoms with Gasteiger partial charge in [-0.15, -0.1) is 0 Å². The number of nitrogens with one attached hydrogen (secondary N) is 1. The van der Waals surface area contributed by atoms with Crippen molar-refractivity contribution in [3.05, 3.63) is 64.2 Å². The molecule has 1 N–H and O–H groups in total. The van der Waals surface area contributed by atoms with Gasteiger partial charge in [0.15, 0.2) is 0 Å². The van der Waals surface area contributed by atoms with Crippen molar-refractivity contribution in [2.45, 2.75) is 19.9 Å². The molecule has 1 unspecified atom stereocenters. The molecule has 0 aromatic heterocycles. The highest BCUT2D eigenvalue weighted by Gasteiger charge is 2.14. The summed E-state index contributed by atoms with van der Waals surface area (Å²) in [7, 11) is 1.70. The average molecular weight is 290 g/mol. The van der Waals surface area contributed by atoms with Crippen LogP contribution in [0.3, 0.4) is 0 Å². The first-order valence-electron chi connectivity index (χ1n) is 6.79. The third kappa shape index (κ3) is 3.33. The molecule has 106 valence electrons. The summed E-state index contributed by atoms with van der Waals surface area (Å²) in [5, 5.41) is 4.27. The molecule has 0 saturated heterocycles. The zero-order valence-corrected chi connectivity index (χ0v) is 12.9. The van der Waals surface area contributed by atoms with Gasteiger partial charge in [-0.2, -0.15) is 0 Å². The zero-order chi connectivity index (χ0) is 14.5. The second-order valence-electron chi connectivity index (χ2n) is 4.77. The lowest BCUT2D eigenvalue weighted by Crippen LogP contribution is -2.22. The first-order chi connectivity index (χ1) is 9.65. The Hall–Kier alpha value is -1.51. The second-order valence-corrected chi connectivity index (χ2v) is 5.21. The van der Waals surface area contributed by atoms with Gasteiger partial charge in [-0.3, -0.25) is 0 Å². The first-order valence-corrected chi connectivity index (χ1v) is 7.17. The topological polar surface area (TPSA) is 21.3 Å². The molecule has 0 radical (unpaired) electrons. The third-order valence-corrected chi connectivity index (χ3v) is 3.62. The molecule has 0 aliphatic rings. The molecule has 0 aliphatic carbocycles. The number of methoxy groups -OCH3 is 1. The van der Waals surface area contributed by atoms with Crippen LogP contribution in [0.1, 0.15) is 29.7 Å². The standard InChI is InChI=1S/C17H20ClNO/c1-4-19-17(13-5-8-15(18)9-6-13)14-7-10-16(20-3)12(2)11-14/h5-11,17,19H,4H2,1-3H3. The van der Waals surface area contributed by atoms with E-state index >= 15 is 0 Å². The lowest BCUT2D eigenvalue weighted by atomic mass is 9.97. The molecule has 2 nitrogen and oxygen atoms in total. The Morgan fingerprint density at radius 2 is 1.75 bits per heavy atom. The predicted molar refractivity (Wildman–Crippen MR) is 84.7 cm³/mol. The quantitative estimate of drug-likeness (QED) is 0.883. The van der Waals surface area contributed by atoms with Crippen molar-refractivity contribution in [3.8, 4) is 5.75 Å². The van der Waals surface area contributed by atoms with E-state index in [0.717, 1.165) is 22.9 Å². The van der Waals surface area contributed by atoms with E-state index in [9.17, 15) is 0 Å². The van der Waals surface area contributed by atoms with E-state index in [4.69, 9.17) is 16.3 Å². The van der Waals surface area contributed by atoms with Gasteiger partial charge in [0.25, 0.3) is 0 Å². The molecule has 0 heterocycles. The van der Waals surface area contributed by atoms with Gasteiger partial charge in [-0.1, -0.05) is 42.8 Å². The van der Waals surface area contributed by atoms with E-state index in [1.165, 1.54) is 11.1 Å². The van der Waals surface area contributed by atoms with E-state index in [2.05, 4.69) is 43.4 Å². The van der Waals surface area contributed by atoms with Crippen molar-refractivity contribution in [2.75, 3.05) is 13.7 Å². The maximum Gasteiger partial charge on any atom is 0.121 e. The van der Waals surface area contributed by atoms with Crippen LogP contribution < -0.4 is 10.1 Å². The van der Waals surface area contributed by atoms with Crippen molar-refractivity contribution >= 4 is 11.6 Å². The molecule has 3 heteroatoms. The SMILES string of the molecule is CCNC(c1ccc(Cl)cc1)c1ccc(OC)c(C)c1. The Balaban J connectivity index is 2.37. The molecule has 0 saturated carbocycles. The summed E-state index contributed by atoms with van der Waals surface area (Å²) in [6.45, 7) is 5.07. The lowest BCUT2D eigenvalue weighted by molar-refractivity contribution is 0.411. The molecule has 2 rings (SSSR count). The molecule has 0 spiro atoms. The molecule has 2 aromatic carbocycles. The summed E-state index contributed by atoms with van der Waals surface area (Å²) in [6.07, 6.45) is 0. The molecular weight excluding hydrogens is 270 g/mol. The minimum Gasteiger partial charge on any atom is -0.496 e. The van der Waals surface area contributed by atoms with Crippen LogP contribution in [0.4, 0.5) is 0 Å². The van der Waals surface area contributed by atoms with Crippen molar-refractivity contribution in [2.24, 2.45) is 0 Å². The fourth-order valence-corrected chi connectivity index (χ4v) is 2.49. The predicted octanol–water partition coefficient (Wildman–Crippen LogP) is 4.36. The van der Waals surface area contributed by atoms with Crippen LogP contribution in [-0.2, 0) is 0 Å². The summed E-state index contributed by atoms with van der Waals surface area (Å²) >= 11 is 5.97. The number of rotatable bonds is 5. The summed E-state index contributed by atoms with van der Waals surface area (Å²) in [6, 6.07) is 14.4. The van der Waals surface area contributed by atoms with E-state index in [-0.39, 0.29) is 6.04 Å². The van der Waals surface area contributed by atoms with Gasteiger partial charge in [0.2, 0.25) is 0 Å². The number of benzene rings is 2. The Bertz CT molecular complexity index is 566. The highest BCUT2D eigenvalue weighted by Crippen LogP contribution is 2.27. The molecule has 0 aliphatic heterocycles. The van der Waals surface area contributed by atoms with Crippen molar-refractivity contribution in [1.82, 2.24) is 5.32 Å². The van der Waals surface area contributed by atoms with Gasteiger partial charge in [0, 0.05) is 5.02 Å². The van der Waals surface area contributed by atoms with Crippen LogP contribution in [-0.4, -0.2) is 13.7 Å². The number of aryl methyl sites for hydroxylation is 1. The van der Waals surface area contributed by atoms with Crippen LogP contribution in [0.5, 0.6) is 5.75 Å². The molecule has 0 amide bonds. The normalized spacial score (nSPS) is 12.2. The van der Waals surface area contributed by atoms with Crippen molar-refractivity contribution in [3.63, 3.8) is 0 Å². The van der Waals surface area contributed by atoms with Crippen molar-refractivity contribution in [1.29, 1.82) is 0 Å². The van der Waals surface area contributed by atoms with Crippen LogP contribution >= 0.6 is 11.6 Å². The van der Waals surface area contributed by atoms with E-state index < -0.39 is 0 Å². The van der Waals surface area contributed by atoms with E-state index in [1.54, 1.807) is 7.11 Å². The van der Waals surface area contributed by atoms with Gasteiger partial charge in [-0.05, 0) is 48.4 Å². The summed E-state index contributed by atoms with van der Waals surface area (Å²) < 4.78 is 5.32. The van der Waals surface area contributed by atoms with E-state index in [0.29, 0.717) is 0 Å². The Labute approximate surface area is 125 Å². The fourth-order valence-electron chi connectivity index (χ4n) is 2.37. The lowest BCUT2D eigenvalue weighted by Gasteiger charge is -2.20. The first kappa shape index (κ1) is 14.9. The van der Waals surface area contributed by atoms with Gasteiger partial charge in [0.1, 0.15) is 5.75 Å². The Morgan fingerprint density at radius 1 is 1.10 bits per heavy atom. The summed E-state index contributed by atoms with van der Waals surface area (Å²) in [5.74, 6) is 0.917. The second kappa shape index (κ2) is 6.78. The van der Waals surface area contributed by atoms with Gasteiger partial charge in [-0.25, -0.2) is 0 Å². The smallest absolute Gasteiger partial charge is 0.121 e. The van der Waals surface area contributed by atoms with Gasteiger partial charge >= 0.3 is 0 Å². The number of halogens is 1. The fraction of sp³-hybridized carbons (Fsp3) is 0.294. The summed E-state index contributed by atoms with van der Waals surface area (Å²) in [5.41, 5.74) is 3.58. The molecule has 0 bridgehead atoms. The molecule has 0 fully saturated rings. The highest BCUT2D eigenvalue weighted by atomic mass is 35.5. The molecule has 1 atom stereocenters. The maximum atomic E-state index is 5.97. The summed E-state index contributed by atoms with van der Waals surface area (Å²) in [4.78, 5) is 0. The molecule has 2 aromatic rings. The van der Waals surface area contributed by atoms with Crippen LogP contribution in [0, 0.1) is 6.92 Å². The van der Waals surface area contributed by atoms with E-state index in [1.807, 2.05) is 18.2 Å². The average Bonchev–Trinajstić information content (AvgIpc) is 2.46. The van der Waals surface area contributed by atoms with Crippen LogP contribution in [0.2, 0.25) is 5.02 Å². The molecule has 20 heavy (non-hydrogen) atoms. The minimum absolute atomic E-state index is 0.168.